The number of carbonyl (C=O) groups is 1. The third-order valence-electron chi connectivity index (χ3n) is 2.62. The van der Waals surface area contributed by atoms with E-state index in [1.165, 1.54) is 13.2 Å². The highest BCUT2D eigenvalue weighted by molar-refractivity contribution is 5.81. The molecule has 0 aliphatic heterocycles. The summed E-state index contributed by atoms with van der Waals surface area (Å²) in [6.45, 7) is 0.281. The fourth-order valence-electron chi connectivity index (χ4n) is 1.71. The minimum absolute atomic E-state index is 0.132. The first kappa shape index (κ1) is 13.1. The Morgan fingerprint density at radius 1 is 1.21 bits per heavy atom. The normalized spacial score (nSPS) is 10.0. The molecule has 0 aliphatic rings. The van der Waals surface area contributed by atoms with Crippen LogP contribution in [0.25, 0.3) is 0 Å². The molecule has 2 aromatic rings. The van der Waals surface area contributed by atoms with Crippen LogP contribution in [-0.2, 0) is 6.61 Å². The first-order chi connectivity index (χ1) is 9.24. The van der Waals surface area contributed by atoms with Crippen LogP contribution in [0.1, 0.15) is 15.9 Å². The van der Waals surface area contributed by atoms with Crippen molar-refractivity contribution in [1.82, 2.24) is 0 Å². The Balaban J connectivity index is 2.26. The molecule has 0 atom stereocenters. The summed E-state index contributed by atoms with van der Waals surface area (Å²) in [5.41, 5.74) is 1.08. The molecule has 0 aliphatic carbocycles. The predicted molar refractivity (Wildman–Crippen MR) is 69.1 cm³/mol. The number of benzene rings is 2. The standard InChI is InChI=1S/C15H13FO3/c1-18-14-8-13(16)7-12(9-17)15(14)19-10-11-5-3-2-4-6-11/h2-9H,10H2,1H3. The van der Waals surface area contributed by atoms with E-state index in [0.29, 0.717) is 6.29 Å². The first-order valence-corrected chi connectivity index (χ1v) is 5.74. The van der Waals surface area contributed by atoms with E-state index in [1.54, 1.807) is 0 Å². The average molecular weight is 260 g/mol. The Morgan fingerprint density at radius 3 is 2.58 bits per heavy atom. The van der Waals surface area contributed by atoms with Crippen molar-refractivity contribution in [3.05, 3.63) is 59.4 Å². The highest BCUT2D eigenvalue weighted by Gasteiger charge is 2.13. The maximum absolute atomic E-state index is 13.3. The number of halogens is 1. The highest BCUT2D eigenvalue weighted by Crippen LogP contribution is 2.32. The molecule has 98 valence electrons. The fourth-order valence-corrected chi connectivity index (χ4v) is 1.71. The Kier molecular flexibility index (Phi) is 4.13. The molecule has 3 nitrogen and oxygen atoms in total. The fraction of sp³-hybridized carbons (Fsp3) is 0.133. The van der Waals surface area contributed by atoms with Crippen molar-refractivity contribution in [3.63, 3.8) is 0 Å². The largest absolute Gasteiger partial charge is 0.493 e. The van der Waals surface area contributed by atoms with Gasteiger partial charge in [0.1, 0.15) is 12.4 Å². The number of ether oxygens (including phenoxy) is 2. The Morgan fingerprint density at radius 2 is 1.95 bits per heavy atom. The number of aldehydes is 1. The summed E-state index contributed by atoms with van der Waals surface area (Å²) in [5, 5.41) is 0. The topological polar surface area (TPSA) is 35.5 Å². The minimum atomic E-state index is -0.536. The maximum atomic E-state index is 13.3. The summed E-state index contributed by atoms with van der Waals surface area (Å²) >= 11 is 0. The third kappa shape index (κ3) is 3.10. The van der Waals surface area contributed by atoms with Gasteiger partial charge in [0, 0.05) is 6.07 Å². The van der Waals surface area contributed by atoms with Gasteiger partial charge in [-0.25, -0.2) is 4.39 Å². The van der Waals surface area contributed by atoms with Gasteiger partial charge in [-0.15, -0.1) is 0 Å². The predicted octanol–water partition coefficient (Wildman–Crippen LogP) is 3.23. The molecule has 0 aromatic heterocycles. The Hall–Kier alpha value is -2.36. The van der Waals surface area contributed by atoms with E-state index in [2.05, 4.69) is 0 Å². The van der Waals surface area contributed by atoms with Crippen molar-refractivity contribution in [2.45, 2.75) is 6.61 Å². The zero-order valence-corrected chi connectivity index (χ0v) is 10.4. The molecule has 0 spiro atoms. The Bertz CT molecular complexity index is 567. The second kappa shape index (κ2) is 6.00. The van der Waals surface area contributed by atoms with E-state index in [0.717, 1.165) is 11.6 Å². The monoisotopic (exact) mass is 260 g/mol. The van der Waals surface area contributed by atoms with Gasteiger partial charge < -0.3 is 9.47 Å². The molecular weight excluding hydrogens is 247 g/mol. The van der Waals surface area contributed by atoms with Crippen molar-refractivity contribution in [2.24, 2.45) is 0 Å². The molecule has 0 amide bonds. The molecular formula is C15H13FO3. The van der Waals surface area contributed by atoms with Crippen LogP contribution in [0.3, 0.4) is 0 Å². The SMILES string of the molecule is COc1cc(F)cc(C=O)c1OCc1ccccc1. The zero-order chi connectivity index (χ0) is 13.7. The van der Waals surface area contributed by atoms with Crippen LogP contribution in [0, 0.1) is 5.82 Å². The van der Waals surface area contributed by atoms with E-state index in [1.807, 2.05) is 30.3 Å². The molecule has 0 saturated carbocycles. The van der Waals surface area contributed by atoms with Crippen molar-refractivity contribution in [1.29, 1.82) is 0 Å². The van der Waals surface area contributed by atoms with E-state index in [-0.39, 0.29) is 23.7 Å². The van der Waals surface area contributed by atoms with Crippen molar-refractivity contribution >= 4 is 6.29 Å². The summed E-state index contributed by atoms with van der Waals surface area (Å²) in [6, 6.07) is 11.8. The van der Waals surface area contributed by atoms with Crippen LogP contribution < -0.4 is 9.47 Å². The van der Waals surface area contributed by atoms with Gasteiger partial charge in [-0.1, -0.05) is 30.3 Å². The lowest BCUT2D eigenvalue weighted by molar-refractivity contribution is 0.111. The van der Waals surface area contributed by atoms with Crippen LogP contribution in [0.15, 0.2) is 42.5 Å². The number of hydrogen-bond acceptors (Lipinski definition) is 3. The molecule has 0 N–H and O–H groups in total. The van der Waals surface area contributed by atoms with Crippen LogP contribution >= 0.6 is 0 Å². The molecule has 0 heterocycles. The van der Waals surface area contributed by atoms with Gasteiger partial charge in [0.15, 0.2) is 17.8 Å². The van der Waals surface area contributed by atoms with E-state index >= 15 is 0 Å². The smallest absolute Gasteiger partial charge is 0.172 e. The maximum Gasteiger partial charge on any atom is 0.172 e. The minimum Gasteiger partial charge on any atom is -0.493 e. The zero-order valence-electron chi connectivity index (χ0n) is 10.4. The third-order valence-corrected chi connectivity index (χ3v) is 2.62. The molecule has 0 unspecified atom stereocenters. The van der Waals surface area contributed by atoms with Gasteiger partial charge in [0.25, 0.3) is 0 Å². The van der Waals surface area contributed by atoms with Crippen LogP contribution in [0.4, 0.5) is 4.39 Å². The molecule has 2 rings (SSSR count). The lowest BCUT2D eigenvalue weighted by Crippen LogP contribution is -2.01. The van der Waals surface area contributed by atoms with Gasteiger partial charge in [-0.2, -0.15) is 0 Å². The number of hydrogen-bond donors (Lipinski definition) is 0. The quantitative estimate of drug-likeness (QED) is 0.774. The van der Waals surface area contributed by atoms with Gasteiger partial charge in [0.2, 0.25) is 0 Å². The lowest BCUT2D eigenvalue weighted by atomic mass is 10.2. The van der Waals surface area contributed by atoms with Crippen LogP contribution in [0.5, 0.6) is 11.5 Å². The van der Waals surface area contributed by atoms with E-state index in [4.69, 9.17) is 9.47 Å². The molecule has 0 radical (unpaired) electrons. The van der Waals surface area contributed by atoms with Gasteiger partial charge in [-0.3, -0.25) is 4.79 Å². The van der Waals surface area contributed by atoms with Crippen LogP contribution in [-0.4, -0.2) is 13.4 Å². The Labute approximate surface area is 110 Å². The van der Waals surface area contributed by atoms with E-state index < -0.39 is 5.82 Å². The average Bonchev–Trinajstić information content (AvgIpc) is 2.46. The molecule has 0 fully saturated rings. The summed E-state index contributed by atoms with van der Waals surface area (Å²) < 4.78 is 23.9. The molecule has 4 heteroatoms. The van der Waals surface area contributed by atoms with Gasteiger partial charge in [-0.05, 0) is 11.6 Å². The van der Waals surface area contributed by atoms with Crippen molar-refractivity contribution in [3.8, 4) is 11.5 Å². The summed E-state index contributed by atoms with van der Waals surface area (Å²) in [7, 11) is 1.40. The summed E-state index contributed by atoms with van der Waals surface area (Å²) in [6.07, 6.45) is 0.548. The number of methoxy groups -OCH3 is 1. The molecule has 0 saturated heterocycles. The molecule has 2 aromatic carbocycles. The van der Waals surface area contributed by atoms with Gasteiger partial charge >= 0.3 is 0 Å². The highest BCUT2D eigenvalue weighted by atomic mass is 19.1. The number of carbonyl (C=O) groups excluding carboxylic acids is 1. The van der Waals surface area contributed by atoms with Crippen molar-refractivity contribution in [2.75, 3.05) is 7.11 Å². The summed E-state index contributed by atoms with van der Waals surface area (Å²) in [4.78, 5) is 11.0. The molecule has 19 heavy (non-hydrogen) atoms. The van der Waals surface area contributed by atoms with Crippen LogP contribution in [0.2, 0.25) is 0 Å². The first-order valence-electron chi connectivity index (χ1n) is 5.74. The molecule has 0 bridgehead atoms. The number of rotatable bonds is 5. The summed E-state index contributed by atoms with van der Waals surface area (Å²) in [5.74, 6) is -0.0770. The lowest BCUT2D eigenvalue weighted by Gasteiger charge is -2.12. The van der Waals surface area contributed by atoms with E-state index in [9.17, 15) is 9.18 Å². The van der Waals surface area contributed by atoms with Gasteiger partial charge in [0.05, 0.1) is 12.7 Å². The second-order valence-corrected chi connectivity index (χ2v) is 3.92. The second-order valence-electron chi connectivity index (χ2n) is 3.92. The van der Waals surface area contributed by atoms with Crippen molar-refractivity contribution < 1.29 is 18.7 Å².